The van der Waals surface area contributed by atoms with Crippen LogP contribution in [0.25, 0.3) is 0 Å². The fourth-order valence-corrected chi connectivity index (χ4v) is 3.84. The Bertz CT molecular complexity index is 865. The predicted molar refractivity (Wildman–Crippen MR) is 161 cm³/mol. The summed E-state index contributed by atoms with van der Waals surface area (Å²) in [7, 11) is 0. The van der Waals surface area contributed by atoms with Gasteiger partial charge in [-0.1, -0.05) is 5.06 Å². The summed E-state index contributed by atoms with van der Waals surface area (Å²) in [6, 6.07) is 0. The van der Waals surface area contributed by atoms with E-state index in [2.05, 4.69) is 10.6 Å². The third-order valence-corrected chi connectivity index (χ3v) is 6.54. The van der Waals surface area contributed by atoms with Gasteiger partial charge in [-0.2, -0.15) is 10.1 Å². The zero-order valence-corrected chi connectivity index (χ0v) is 27.1. The molecule has 0 fully saturated rings. The van der Waals surface area contributed by atoms with Crippen LogP contribution in [-0.2, 0) is 31.5 Å². The minimum atomic E-state index is -0.304. The van der Waals surface area contributed by atoms with Crippen LogP contribution in [0.5, 0.6) is 0 Å². The van der Waals surface area contributed by atoms with E-state index in [1.54, 1.807) is 0 Å². The van der Waals surface area contributed by atoms with Crippen LogP contribution < -0.4 is 10.6 Å². The van der Waals surface area contributed by atoms with Gasteiger partial charge in [0, 0.05) is 56.0 Å². The second kappa shape index (κ2) is 27.9. The largest absolute Gasteiger partial charge is 0.451 e. The number of carbonyl (C=O) groups excluding carboxylic acids is 6. The normalized spacial score (nSPS) is 10.4. The Labute approximate surface area is 270 Å². The number of aliphatic hydroxyl groups excluding tert-OH is 1. The summed E-state index contributed by atoms with van der Waals surface area (Å²) < 4.78 is 0. The predicted octanol–water partition coefficient (Wildman–Crippen LogP) is 0.480. The average Bonchev–Trinajstić information content (AvgIpc) is 2.98. The number of ketones is 1. The molecular weight excluding hydrogens is 622 g/mol. The van der Waals surface area contributed by atoms with Gasteiger partial charge in [0.2, 0.25) is 11.8 Å². The van der Waals surface area contributed by atoms with E-state index in [0.29, 0.717) is 69.6 Å². The van der Waals surface area contributed by atoms with E-state index >= 15 is 0 Å². The number of amides is 5. The van der Waals surface area contributed by atoms with Gasteiger partial charge in [-0.25, -0.2) is 0 Å². The number of aliphatic hydroxyl groups is 1. The molecule has 0 saturated heterocycles. The summed E-state index contributed by atoms with van der Waals surface area (Å²) in [4.78, 5) is 64.4. The molecule has 44 heavy (non-hydrogen) atoms. The van der Waals surface area contributed by atoms with Crippen LogP contribution in [0.2, 0.25) is 0 Å². The van der Waals surface area contributed by atoms with E-state index in [4.69, 9.17) is 10.3 Å². The Morgan fingerprint density at radius 3 is 1.45 bits per heavy atom. The van der Waals surface area contributed by atoms with Crippen LogP contribution in [-0.4, -0.2) is 125 Å². The summed E-state index contributed by atoms with van der Waals surface area (Å²) in [5.41, 5.74) is 0. The van der Waals surface area contributed by atoms with Gasteiger partial charge < -0.3 is 25.7 Å². The molecule has 10 N–H and O–H groups in total. The van der Waals surface area contributed by atoms with Gasteiger partial charge >= 0.3 is 17.7 Å². The molecule has 0 spiro atoms. The molecule has 0 aromatic carbocycles. The molecule has 5 amide bonds. The second-order valence-electron chi connectivity index (χ2n) is 10.5. The van der Waals surface area contributed by atoms with Crippen molar-refractivity contribution in [2.45, 2.75) is 103 Å². The van der Waals surface area contributed by atoms with Crippen molar-refractivity contribution < 1.29 is 66.6 Å². The number of hydrogen-bond acceptors (Lipinski definition) is 6. The van der Waals surface area contributed by atoms with Gasteiger partial charge in [0.15, 0.2) is 0 Å². The number of unbranched alkanes of at least 4 members (excludes halogenated alkanes) is 6. The number of hydroxylamine groups is 6. The van der Waals surface area contributed by atoms with Crippen LogP contribution in [0.3, 0.4) is 0 Å². The fraction of sp³-hybridized carbons (Fsp3) is 0.786. The number of rotatable bonds is 26. The quantitative estimate of drug-likeness (QED) is 0.0287. The molecule has 0 rings (SSSR count). The average molecular weight is 678 g/mol. The molecule has 0 atom stereocenters. The van der Waals surface area contributed by atoms with Crippen LogP contribution in [0.15, 0.2) is 0 Å². The van der Waals surface area contributed by atoms with Crippen molar-refractivity contribution >= 4 is 35.3 Å². The molecule has 0 saturated carbocycles. The third kappa shape index (κ3) is 24.8. The maximum atomic E-state index is 12.0. The first-order chi connectivity index (χ1) is 20.5. The number of nitrogens with zero attached hydrogens (tertiary/aromatic N) is 3. The molecule has 0 aliphatic heterocycles. The Morgan fingerprint density at radius 2 is 1.02 bits per heavy atom. The van der Waals surface area contributed by atoms with E-state index in [9.17, 15) is 39.2 Å². The monoisotopic (exact) mass is 677 g/mol. The van der Waals surface area contributed by atoms with E-state index in [0.717, 1.165) is 23.0 Å². The summed E-state index contributed by atoms with van der Waals surface area (Å²) in [6.45, 7) is 3.08. The molecule has 0 heterocycles. The Kier molecular flexibility index (Phi) is 27.6. The first-order valence-electron chi connectivity index (χ1n) is 15.2. The van der Waals surface area contributed by atoms with Crippen molar-refractivity contribution in [2.75, 3.05) is 39.3 Å². The Hall–Kier alpha value is -2.62. The van der Waals surface area contributed by atoms with Crippen molar-refractivity contribution in [1.82, 2.24) is 25.8 Å². The van der Waals surface area contributed by atoms with Crippen molar-refractivity contribution in [2.24, 2.45) is 0 Å². The van der Waals surface area contributed by atoms with E-state index in [1.807, 2.05) is 0 Å². The molecule has 256 valence electrons. The van der Waals surface area contributed by atoms with Crippen LogP contribution in [0.4, 0.5) is 0 Å². The van der Waals surface area contributed by atoms with E-state index < -0.39 is 0 Å². The second-order valence-corrected chi connectivity index (χ2v) is 10.5. The van der Waals surface area contributed by atoms with Gasteiger partial charge in [-0.3, -0.25) is 34.4 Å². The minimum absolute atomic E-state index is 0. The molecule has 0 unspecified atom stereocenters. The Balaban J connectivity index is 0. The van der Waals surface area contributed by atoms with Gasteiger partial charge in [0.1, 0.15) is 5.78 Å². The SMILES string of the molecule is CC(=O)CCC(=[OH+])N([OH2+])CCCCCNC(=O)CCC(=[OH+])N(O)CCCCCNC(=O)CCC(=[OH+])N(O)CCCCCO.[Fe]. The summed E-state index contributed by atoms with van der Waals surface area (Å²) in [5, 5.41) is 44.0. The van der Waals surface area contributed by atoms with Crippen LogP contribution >= 0.6 is 0 Å². The maximum absolute atomic E-state index is 12.0. The van der Waals surface area contributed by atoms with Crippen LogP contribution in [0.1, 0.15) is 103 Å². The zero-order valence-electron chi connectivity index (χ0n) is 26.0. The zero-order chi connectivity index (χ0) is 32.5. The van der Waals surface area contributed by atoms with Gasteiger partial charge in [-0.05, 0) is 64.7 Å². The van der Waals surface area contributed by atoms with E-state index in [1.165, 1.54) is 6.92 Å². The molecular formula is C28H55FeN5O10+4. The first-order valence-corrected chi connectivity index (χ1v) is 15.2. The third-order valence-electron chi connectivity index (χ3n) is 6.54. The Morgan fingerprint density at radius 1 is 0.614 bits per heavy atom. The molecule has 0 aliphatic rings. The topological polar surface area (TPSA) is 233 Å². The summed E-state index contributed by atoms with van der Waals surface area (Å²) >= 11 is 0. The molecule has 16 heteroatoms. The van der Waals surface area contributed by atoms with Gasteiger partial charge in [0.05, 0.1) is 38.9 Å². The van der Waals surface area contributed by atoms with Gasteiger partial charge in [0.25, 0.3) is 0 Å². The molecule has 0 aromatic rings. The maximum Gasteiger partial charge on any atom is 0.451 e. The molecule has 0 aliphatic carbocycles. The standard InChI is InChI=1S/C28H51N5O10.Fe/c1-23(35)11-14-26(38)31(41)19-7-2-5-17-29-24(36)12-15-27(39)32(42)20-8-3-6-18-30-25(37)13-16-28(40)33(43)21-9-4-10-22-34;/h34,41-43H,2-22H2,1H3,(H,29,36)(H,30,37);/p+4. The minimum Gasteiger partial charge on any atom is -0.396 e. The van der Waals surface area contributed by atoms with Crippen LogP contribution in [0, 0.1) is 0 Å². The number of Topliss-reactive ketones (excluding diaryl/α,β-unsaturated/α-hetero) is 1. The molecule has 0 radical (unpaired) electrons. The van der Waals surface area contributed by atoms with Gasteiger partial charge in [-0.15, -0.1) is 0 Å². The van der Waals surface area contributed by atoms with Crippen molar-refractivity contribution in [3.05, 3.63) is 0 Å². The van der Waals surface area contributed by atoms with Crippen molar-refractivity contribution in [3.63, 3.8) is 0 Å². The van der Waals surface area contributed by atoms with Crippen molar-refractivity contribution in [3.8, 4) is 0 Å². The molecule has 15 nitrogen and oxygen atoms in total. The smallest absolute Gasteiger partial charge is 0.396 e. The molecule has 0 aromatic heterocycles. The number of nitrogens with one attached hydrogen (secondary N) is 2. The van der Waals surface area contributed by atoms with E-state index in [-0.39, 0.29) is 111 Å². The number of carbonyl (C=O) groups is 3. The summed E-state index contributed by atoms with van der Waals surface area (Å²) in [6.07, 6.45) is 6.28. The first kappa shape index (κ1) is 43.5. The summed E-state index contributed by atoms with van der Waals surface area (Å²) in [5.74, 6) is -1.28. The fourth-order valence-electron chi connectivity index (χ4n) is 3.84. The molecule has 0 bridgehead atoms. The number of hydrogen-bond donors (Lipinski definition) is 5. The van der Waals surface area contributed by atoms with Crippen molar-refractivity contribution in [1.29, 1.82) is 0 Å².